The van der Waals surface area contributed by atoms with E-state index < -0.39 is 12.3 Å². The van der Waals surface area contributed by atoms with E-state index in [9.17, 15) is 8.78 Å². The lowest BCUT2D eigenvalue weighted by Gasteiger charge is -2.67. The van der Waals surface area contributed by atoms with Crippen LogP contribution in [0, 0.1) is 58.2 Å². The topological polar surface area (TPSA) is 27.3 Å². The van der Waals surface area contributed by atoms with E-state index in [-0.39, 0.29) is 10.8 Å². The van der Waals surface area contributed by atoms with Gasteiger partial charge in [-0.1, -0.05) is 56.6 Å². The average Bonchev–Trinajstić information content (AvgIpc) is 3.64. The van der Waals surface area contributed by atoms with Crippen molar-refractivity contribution < 1.29 is 8.78 Å². The smallest absolute Gasteiger partial charge is 0.104 e. The summed E-state index contributed by atoms with van der Waals surface area (Å²) in [7, 11) is 0. The van der Waals surface area contributed by atoms with Gasteiger partial charge in [-0.3, -0.25) is 0 Å². The minimum absolute atomic E-state index is 0.239. The molecule has 5 heteroatoms. The summed E-state index contributed by atoms with van der Waals surface area (Å²) < 4.78 is 28.7. The molecule has 2 heterocycles. The third-order valence-corrected chi connectivity index (χ3v) is 18.6. The van der Waals surface area contributed by atoms with Crippen molar-refractivity contribution in [3.8, 4) is 0 Å². The second-order valence-electron chi connectivity index (χ2n) is 20.5. The maximum Gasteiger partial charge on any atom is 0.104 e. The molecule has 0 aromatic heterocycles. The summed E-state index contributed by atoms with van der Waals surface area (Å²) in [4.78, 5) is 3.20. The first-order chi connectivity index (χ1) is 26.0. The van der Waals surface area contributed by atoms with Crippen molar-refractivity contribution in [3.05, 3.63) is 58.7 Å². The summed E-state index contributed by atoms with van der Waals surface area (Å²) in [5.74, 6) is 5.59. The molecule has 4 saturated carbocycles. The predicted octanol–water partition coefficient (Wildman–Crippen LogP) is 11.4. The quantitative estimate of drug-likeness (QED) is 0.283. The highest BCUT2D eigenvalue weighted by atomic mass is 19.1. The zero-order valence-electron chi connectivity index (χ0n) is 32.7. The molecule has 2 N–H and O–H groups in total. The summed E-state index contributed by atoms with van der Waals surface area (Å²) in [5, 5.41) is 8.30. The molecule has 0 aromatic carbocycles. The van der Waals surface area contributed by atoms with Crippen LogP contribution in [0.25, 0.3) is 0 Å². The fraction of sp³-hybridized carbons (Fsp3) is 0.792. The van der Waals surface area contributed by atoms with Crippen LogP contribution in [0.3, 0.4) is 0 Å². The molecule has 1 spiro atoms. The third-order valence-electron chi connectivity index (χ3n) is 18.6. The Morgan fingerprint density at radius 1 is 0.755 bits per heavy atom. The van der Waals surface area contributed by atoms with Gasteiger partial charge in [0.1, 0.15) is 12.3 Å². The molecule has 13 unspecified atom stereocenters. The van der Waals surface area contributed by atoms with Crippen molar-refractivity contribution in [1.29, 1.82) is 0 Å². The lowest BCUT2D eigenvalue weighted by molar-refractivity contribution is -0.166. The van der Waals surface area contributed by atoms with Crippen LogP contribution in [0.15, 0.2) is 58.7 Å². The minimum atomic E-state index is -0.682. The molecule has 13 atom stereocenters. The van der Waals surface area contributed by atoms with E-state index in [1.54, 1.807) is 11.3 Å². The Labute approximate surface area is 319 Å². The van der Waals surface area contributed by atoms with Gasteiger partial charge in [-0.2, -0.15) is 0 Å². The number of hydrogen-bond acceptors (Lipinski definition) is 3. The minimum Gasteiger partial charge on any atom is -0.386 e. The van der Waals surface area contributed by atoms with Crippen molar-refractivity contribution in [2.24, 2.45) is 58.2 Å². The van der Waals surface area contributed by atoms with Crippen LogP contribution in [0.5, 0.6) is 0 Å². The number of nitrogens with zero attached hydrogens (tertiary/aromatic N) is 1. The monoisotopic (exact) mass is 724 g/mol. The normalized spacial score (nSPS) is 49.8. The van der Waals surface area contributed by atoms with Crippen LogP contribution in [0.1, 0.15) is 148 Å². The molecule has 3 nitrogen and oxygen atoms in total. The molecule has 9 aliphatic carbocycles. The van der Waals surface area contributed by atoms with Crippen molar-refractivity contribution in [2.45, 2.75) is 179 Å². The molecule has 0 radical (unpaired) electrons. The van der Waals surface area contributed by atoms with Crippen molar-refractivity contribution in [2.75, 3.05) is 0 Å². The number of piperidine rings is 1. The lowest BCUT2D eigenvalue weighted by atomic mass is 9.43. The Morgan fingerprint density at radius 3 is 2.47 bits per heavy atom. The zero-order valence-corrected chi connectivity index (χ0v) is 32.7. The molecule has 0 bridgehead atoms. The highest BCUT2D eigenvalue weighted by Gasteiger charge is 2.77. The number of allylic oxidation sites excluding steroid dienone is 10. The van der Waals surface area contributed by atoms with Gasteiger partial charge in [0.05, 0.1) is 0 Å². The molecule has 2 saturated heterocycles. The van der Waals surface area contributed by atoms with E-state index >= 15 is 0 Å². The van der Waals surface area contributed by atoms with Gasteiger partial charge < -0.3 is 15.5 Å². The van der Waals surface area contributed by atoms with Crippen LogP contribution in [0.4, 0.5) is 8.78 Å². The second-order valence-corrected chi connectivity index (χ2v) is 20.5. The van der Waals surface area contributed by atoms with Gasteiger partial charge in [-0.15, -0.1) is 0 Å². The molecule has 11 rings (SSSR count). The second kappa shape index (κ2) is 13.0. The molecule has 288 valence electrons. The first-order valence-corrected chi connectivity index (χ1v) is 23.0. The van der Waals surface area contributed by atoms with Crippen LogP contribution in [-0.4, -0.2) is 35.4 Å². The Bertz CT molecular complexity index is 1620. The number of alkyl halides is 2. The SMILES string of the molecule is CC12C3C=CCCC3=C(NC3=CCC(F)CC3)CC1C1(C3C=C(NC4CCC(F)CC4)CCC32)C2CCCCC2N2C3=CCCCC3C3CCCC1C32. The van der Waals surface area contributed by atoms with Crippen LogP contribution >= 0.6 is 0 Å². The van der Waals surface area contributed by atoms with E-state index in [0.29, 0.717) is 48.6 Å². The van der Waals surface area contributed by atoms with Crippen molar-refractivity contribution >= 4 is 0 Å². The first-order valence-electron chi connectivity index (χ1n) is 23.0. The lowest BCUT2D eigenvalue weighted by Crippen LogP contribution is -2.67. The van der Waals surface area contributed by atoms with Crippen LogP contribution in [-0.2, 0) is 0 Å². The molecular formula is C48H67F2N3. The maximum absolute atomic E-state index is 14.4. The molecule has 11 aliphatic rings. The molecule has 53 heavy (non-hydrogen) atoms. The molecular weight excluding hydrogens is 657 g/mol. The zero-order chi connectivity index (χ0) is 35.5. The first kappa shape index (κ1) is 34.2. The fourth-order valence-corrected chi connectivity index (χ4v) is 16.9. The van der Waals surface area contributed by atoms with Gasteiger partial charge >= 0.3 is 0 Å². The molecule has 2 aliphatic heterocycles. The number of halogens is 2. The summed E-state index contributed by atoms with van der Waals surface area (Å²) >= 11 is 0. The number of fused-ring (bicyclic) bond motifs is 14. The van der Waals surface area contributed by atoms with Crippen LogP contribution < -0.4 is 10.6 Å². The largest absolute Gasteiger partial charge is 0.386 e. The molecule has 6 fully saturated rings. The fourth-order valence-electron chi connectivity index (χ4n) is 16.9. The van der Waals surface area contributed by atoms with E-state index in [0.717, 1.165) is 68.2 Å². The molecule has 0 aromatic rings. The van der Waals surface area contributed by atoms with Gasteiger partial charge in [0.2, 0.25) is 0 Å². The van der Waals surface area contributed by atoms with Crippen molar-refractivity contribution in [3.63, 3.8) is 0 Å². The van der Waals surface area contributed by atoms with Crippen molar-refractivity contribution in [1.82, 2.24) is 15.5 Å². The van der Waals surface area contributed by atoms with Crippen LogP contribution in [0.2, 0.25) is 0 Å². The van der Waals surface area contributed by atoms with E-state index in [4.69, 9.17) is 0 Å². The van der Waals surface area contributed by atoms with E-state index in [1.165, 1.54) is 101 Å². The van der Waals surface area contributed by atoms with Gasteiger partial charge in [-0.05, 0) is 174 Å². The Morgan fingerprint density at radius 2 is 1.60 bits per heavy atom. The summed E-state index contributed by atoms with van der Waals surface area (Å²) in [6.45, 7) is 2.82. The van der Waals surface area contributed by atoms with Gasteiger partial charge in [0.25, 0.3) is 0 Å². The third kappa shape index (κ3) is 4.98. The highest BCUT2D eigenvalue weighted by Crippen LogP contribution is 2.80. The number of nitrogens with one attached hydrogen (secondary N) is 2. The van der Waals surface area contributed by atoms with E-state index in [2.05, 4.69) is 52.8 Å². The highest BCUT2D eigenvalue weighted by molar-refractivity contribution is 5.41. The summed E-state index contributed by atoms with van der Waals surface area (Å²) in [6.07, 6.45) is 37.3. The molecule has 0 amide bonds. The summed E-state index contributed by atoms with van der Waals surface area (Å²) in [5.41, 5.74) is 8.42. The Kier molecular flexibility index (Phi) is 8.40. The maximum atomic E-state index is 14.4. The van der Waals surface area contributed by atoms with E-state index in [1.807, 2.05) is 5.70 Å². The van der Waals surface area contributed by atoms with Gasteiger partial charge in [0, 0.05) is 52.7 Å². The Hall–Kier alpha value is -2.04. The van der Waals surface area contributed by atoms with Gasteiger partial charge in [-0.25, -0.2) is 8.78 Å². The average molecular weight is 724 g/mol. The Balaban J connectivity index is 1.08. The predicted molar refractivity (Wildman–Crippen MR) is 210 cm³/mol. The standard InChI is InChI=1S/C48H67F2N3/c1-47-37-12-4-2-10-36(37)42(52-32-23-19-30(50)20-24-32)28-45(47)48(41-27-33(25-26-38(41)47)51-31-21-17-29(49)18-22-31)39-13-5-7-16-44(39)53-43-15-6-3-9-34(43)35-11-8-14-40(48)46(35)53/h4,12,15,23,27,29-31,34-35,37-41,44-46,51-52H,2-3,5-11,13-14,16-22,24-26,28H2,1H3. The number of hydrogen-bond donors (Lipinski definition) is 2. The summed E-state index contributed by atoms with van der Waals surface area (Å²) in [6, 6.07) is 1.85. The number of rotatable bonds is 4. The van der Waals surface area contributed by atoms with Gasteiger partial charge in [0.15, 0.2) is 0 Å².